The van der Waals surface area contributed by atoms with Crippen LogP contribution >= 0.6 is 23.2 Å². The minimum absolute atomic E-state index is 0.166. The zero-order valence-electron chi connectivity index (χ0n) is 19.4. The van der Waals surface area contributed by atoms with Gasteiger partial charge in [-0.15, -0.1) is 0 Å². The van der Waals surface area contributed by atoms with Crippen LogP contribution < -0.4 is 0 Å². The number of benzene rings is 3. The number of aliphatic hydroxyl groups excluding tert-OH is 1. The van der Waals surface area contributed by atoms with Crippen molar-refractivity contribution >= 4 is 29.1 Å². The Morgan fingerprint density at radius 3 is 2.06 bits per heavy atom. The van der Waals surface area contributed by atoms with Crippen molar-refractivity contribution in [2.75, 3.05) is 6.61 Å². The molecule has 1 unspecified atom stereocenters. The van der Waals surface area contributed by atoms with Gasteiger partial charge in [-0.2, -0.15) is 0 Å². The van der Waals surface area contributed by atoms with Crippen molar-refractivity contribution in [1.29, 1.82) is 0 Å². The molecule has 3 aromatic rings. The minimum Gasteiger partial charge on any atom is -0.394 e. The molecule has 0 aliphatic carbocycles. The number of aliphatic hydroxyl groups is 1. The molecule has 1 fully saturated rings. The number of nitrogens with zero attached hydrogens (tertiary/aromatic N) is 1. The molecule has 1 saturated heterocycles. The quantitative estimate of drug-likeness (QED) is 0.370. The number of carbonyl (C=O) groups is 1. The van der Waals surface area contributed by atoms with Crippen LogP contribution in [0, 0.1) is 5.82 Å². The van der Waals surface area contributed by atoms with E-state index >= 15 is 0 Å². The fourth-order valence-corrected chi connectivity index (χ4v) is 4.95. The summed E-state index contributed by atoms with van der Waals surface area (Å²) in [5.41, 5.74) is 2.52. The van der Waals surface area contributed by atoms with Crippen LogP contribution in [-0.4, -0.2) is 34.7 Å². The first-order valence-electron chi connectivity index (χ1n) is 11.7. The first-order chi connectivity index (χ1) is 16.9. The number of hydrogen-bond donors (Lipinski definition) is 1. The molecule has 1 heterocycles. The van der Waals surface area contributed by atoms with E-state index in [4.69, 9.17) is 27.9 Å². The van der Waals surface area contributed by atoms with E-state index in [9.17, 15) is 14.3 Å². The number of morpholine rings is 1. The largest absolute Gasteiger partial charge is 0.394 e. The summed E-state index contributed by atoms with van der Waals surface area (Å²) >= 11 is 12.3. The highest BCUT2D eigenvalue weighted by molar-refractivity contribution is 6.30. The van der Waals surface area contributed by atoms with Crippen molar-refractivity contribution in [3.05, 3.63) is 105 Å². The zero-order valence-corrected chi connectivity index (χ0v) is 20.9. The van der Waals surface area contributed by atoms with Crippen molar-refractivity contribution in [1.82, 2.24) is 4.90 Å². The maximum absolute atomic E-state index is 13.9. The molecule has 1 N–H and O–H groups in total. The van der Waals surface area contributed by atoms with Gasteiger partial charge in [0.25, 0.3) is 5.91 Å². The van der Waals surface area contributed by atoms with Gasteiger partial charge in [0.05, 0.1) is 18.7 Å². The van der Waals surface area contributed by atoms with Gasteiger partial charge in [-0.3, -0.25) is 4.79 Å². The third kappa shape index (κ3) is 5.87. The molecule has 0 saturated carbocycles. The molecule has 1 aliphatic heterocycles. The van der Waals surface area contributed by atoms with Crippen LogP contribution in [0.4, 0.5) is 4.39 Å². The number of ether oxygens (including phenoxy) is 1. The highest BCUT2D eigenvalue weighted by Gasteiger charge is 2.46. The summed E-state index contributed by atoms with van der Waals surface area (Å²) in [6.45, 7) is 1.86. The summed E-state index contributed by atoms with van der Waals surface area (Å²) < 4.78 is 20.0. The molecular weight excluding hydrogens is 488 g/mol. The van der Waals surface area contributed by atoms with E-state index in [-0.39, 0.29) is 30.8 Å². The van der Waals surface area contributed by atoms with Gasteiger partial charge in [0, 0.05) is 16.5 Å². The molecule has 0 bridgehead atoms. The Hall–Kier alpha value is -2.44. The lowest BCUT2D eigenvalue weighted by Crippen LogP contribution is -2.56. The minimum atomic E-state index is -0.796. The molecule has 4 atom stereocenters. The maximum Gasteiger partial charge on any atom is 0.253 e. The molecule has 4 nitrogen and oxygen atoms in total. The number of rotatable bonds is 8. The molecule has 0 spiro atoms. The van der Waals surface area contributed by atoms with Gasteiger partial charge in [0.2, 0.25) is 0 Å². The second-order valence-corrected chi connectivity index (χ2v) is 9.67. The van der Waals surface area contributed by atoms with Crippen LogP contribution in [0.1, 0.15) is 48.6 Å². The molecular formula is C28H28Cl2FNO3. The third-order valence-corrected chi connectivity index (χ3v) is 6.90. The Morgan fingerprint density at radius 2 is 1.51 bits per heavy atom. The Bertz CT molecular complexity index is 1120. The van der Waals surface area contributed by atoms with Crippen LogP contribution in [-0.2, 0) is 16.0 Å². The zero-order chi connectivity index (χ0) is 24.9. The predicted octanol–water partition coefficient (Wildman–Crippen LogP) is 6.55. The lowest BCUT2D eigenvalue weighted by Gasteiger charge is -2.48. The summed E-state index contributed by atoms with van der Waals surface area (Å²) in [7, 11) is 0. The molecule has 35 heavy (non-hydrogen) atoms. The van der Waals surface area contributed by atoms with Gasteiger partial charge >= 0.3 is 0 Å². The summed E-state index contributed by atoms with van der Waals surface area (Å²) in [4.78, 5) is 15.7. The van der Waals surface area contributed by atoms with Gasteiger partial charge in [-0.05, 0) is 59.5 Å². The van der Waals surface area contributed by atoms with Crippen LogP contribution in [0.15, 0.2) is 72.8 Å². The second kappa shape index (κ2) is 11.5. The fourth-order valence-electron chi connectivity index (χ4n) is 4.70. The molecule has 1 amide bonds. The summed E-state index contributed by atoms with van der Waals surface area (Å²) in [5, 5.41) is 11.5. The monoisotopic (exact) mass is 515 g/mol. The highest BCUT2D eigenvalue weighted by atomic mass is 35.5. The number of amides is 1. The van der Waals surface area contributed by atoms with E-state index in [1.54, 1.807) is 41.3 Å². The van der Waals surface area contributed by atoms with Crippen molar-refractivity contribution in [2.24, 2.45) is 0 Å². The van der Waals surface area contributed by atoms with Gasteiger partial charge in [0.1, 0.15) is 18.0 Å². The highest BCUT2D eigenvalue weighted by Crippen LogP contribution is 2.44. The van der Waals surface area contributed by atoms with Gasteiger partial charge in [-0.25, -0.2) is 4.39 Å². The normalized spacial score (nSPS) is 21.2. The number of halogens is 3. The van der Waals surface area contributed by atoms with E-state index in [2.05, 4.69) is 0 Å². The van der Waals surface area contributed by atoms with E-state index in [0.717, 1.165) is 23.1 Å². The van der Waals surface area contributed by atoms with Gasteiger partial charge in [0.15, 0.2) is 0 Å². The van der Waals surface area contributed by atoms with E-state index < -0.39 is 18.2 Å². The van der Waals surface area contributed by atoms with Gasteiger partial charge in [-0.1, -0.05) is 72.9 Å². The van der Waals surface area contributed by atoms with E-state index in [1.165, 1.54) is 12.1 Å². The fraction of sp³-hybridized carbons (Fsp3) is 0.321. The lowest BCUT2D eigenvalue weighted by atomic mass is 9.89. The topological polar surface area (TPSA) is 49.8 Å². The second-order valence-electron chi connectivity index (χ2n) is 8.79. The SMILES string of the molecule is CCCC(CO)N1C(=O)[C@H](Cc2ccc(F)cc2)O[C@@H](c2ccc(Cl)cc2)[C@H]1c1ccc(Cl)cc1. The Balaban J connectivity index is 1.81. The van der Waals surface area contributed by atoms with Crippen molar-refractivity contribution in [3.8, 4) is 0 Å². The molecule has 184 valence electrons. The van der Waals surface area contributed by atoms with Crippen LogP contribution in [0.25, 0.3) is 0 Å². The Kier molecular flexibility index (Phi) is 8.45. The standard InChI is InChI=1S/C28H28Cl2FNO3/c1-2-3-24(17-33)32-26(19-6-10-21(29)11-7-19)27(20-8-12-22(30)13-9-20)35-25(28(32)34)16-18-4-14-23(31)15-5-18/h4-15,24-27,33H,2-3,16-17H2,1H3/t24?,25-,26+,27-/m0/s1. The maximum atomic E-state index is 13.9. The van der Waals surface area contributed by atoms with E-state index in [1.807, 2.05) is 31.2 Å². The average Bonchev–Trinajstić information content (AvgIpc) is 2.86. The smallest absolute Gasteiger partial charge is 0.253 e. The molecule has 4 rings (SSSR count). The van der Waals surface area contributed by atoms with Crippen LogP contribution in [0.3, 0.4) is 0 Å². The first-order valence-corrected chi connectivity index (χ1v) is 12.5. The van der Waals surface area contributed by atoms with Crippen molar-refractivity contribution < 1.29 is 19.0 Å². The van der Waals surface area contributed by atoms with Crippen molar-refractivity contribution in [2.45, 2.75) is 50.5 Å². The first kappa shape index (κ1) is 25.6. The van der Waals surface area contributed by atoms with E-state index in [0.29, 0.717) is 16.5 Å². The average molecular weight is 516 g/mol. The summed E-state index contributed by atoms with van der Waals surface area (Å²) in [6.07, 6.45) is 0.426. The molecule has 1 aliphatic rings. The number of carbonyl (C=O) groups excluding carboxylic acids is 1. The molecule has 3 aromatic carbocycles. The van der Waals surface area contributed by atoms with Crippen LogP contribution in [0.2, 0.25) is 10.0 Å². The molecule has 0 aromatic heterocycles. The molecule has 7 heteroatoms. The summed E-state index contributed by atoms with van der Waals surface area (Å²) in [5.74, 6) is -0.539. The Morgan fingerprint density at radius 1 is 0.943 bits per heavy atom. The predicted molar refractivity (Wildman–Crippen MR) is 136 cm³/mol. The van der Waals surface area contributed by atoms with Gasteiger partial charge < -0.3 is 14.7 Å². The summed E-state index contributed by atoms with van der Waals surface area (Å²) in [6, 6.07) is 19.9. The molecule has 0 radical (unpaired) electrons. The lowest BCUT2D eigenvalue weighted by molar-refractivity contribution is -0.181. The van der Waals surface area contributed by atoms with Crippen molar-refractivity contribution in [3.63, 3.8) is 0 Å². The van der Waals surface area contributed by atoms with Crippen LogP contribution in [0.5, 0.6) is 0 Å². The number of hydrogen-bond acceptors (Lipinski definition) is 3. The third-order valence-electron chi connectivity index (χ3n) is 6.40. The Labute approximate surface area is 215 Å².